The van der Waals surface area contributed by atoms with Gasteiger partial charge in [0.1, 0.15) is 5.75 Å². The lowest BCUT2D eigenvalue weighted by molar-refractivity contribution is -0.274. The number of carbonyl (C=O) groups is 1. The molecule has 32 heavy (non-hydrogen) atoms. The molecule has 0 atom stereocenters. The first-order valence-corrected chi connectivity index (χ1v) is 10.1. The van der Waals surface area contributed by atoms with Crippen LogP contribution in [0.5, 0.6) is 5.75 Å². The van der Waals surface area contributed by atoms with Crippen LogP contribution in [0.25, 0.3) is 0 Å². The summed E-state index contributed by atoms with van der Waals surface area (Å²) in [6.07, 6.45) is -0.630. The number of nitrogens with one attached hydrogen (secondary N) is 2. The normalized spacial score (nSPS) is 14.5. The molecule has 0 aromatic heterocycles. The van der Waals surface area contributed by atoms with E-state index < -0.39 is 6.36 Å². The van der Waals surface area contributed by atoms with Crippen LogP contribution in [-0.4, -0.2) is 18.2 Å². The van der Waals surface area contributed by atoms with Crippen LogP contribution in [0, 0.1) is 5.92 Å². The first-order valence-electron chi connectivity index (χ1n) is 10.1. The minimum atomic E-state index is -4.71. The third kappa shape index (κ3) is 8.56. The van der Waals surface area contributed by atoms with Crippen molar-refractivity contribution in [3.05, 3.63) is 59.7 Å². The summed E-state index contributed by atoms with van der Waals surface area (Å²) >= 11 is 0. The Morgan fingerprint density at radius 1 is 1.09 bits per heavy atom. The van der Waals surface area contributed by atoms with Gasteiger partial charge in [0.25, 0.3) is 0 Å². The fraction of sp³-hybridized carbons (Fsp3) is 0.364. The number of alkyl halides is 3. The zero-order valence-electron chi connectivity index (χ0n) is 17.3. The molecule has 6 nitrogen and oxygen atoms in total. The molecule has 0 bridgehead atoms. The van der Waals surface area contributed by atoms with Gasteiger partial charge in [0.05, 0.1) is 6.54 Å². The standard InChI is InChI=1S/C22H25F3N4O2.HI/c23-22(24,25)31-19-10-8-15(9-11-19)13-27-21(26)28-14-16-4-3-7-18(12-16)29-20(30)17-5-1-2-6-17;/h3-4,7-12,17H,1-2,5-6,13-14H2,(H,29,30)(H3,26,27,28);1H. The van der Waals surface area contributed by atoms with Crippen LogP contribution in [0.1, 0.15) is 36.8 Å². The lowest BCUT2D eigenvalue weighted by Gasteiger charge is -2.11. The average Bonchev–Trinajstić information content (AvgIpc) is 3.26. The summed E-state index contributed by atoms with van der Waals surface area (Å²) in [6, 6.07) is 12.9. The molecule has 1 amide bonds. The summed E-state index contributed by atoms with van der Waals surface area (Å²) < 4.78 is 40.4. The minimum absolute atomic E-state index is 0. The number of benzene rings is 2. The molecule has 3 rings (SSSR count). The molecule has 0 heterocycles. The van der Waals surface area contributed by atoms with Crippen molar-refractivity contribution in [3.8, 4) is 5.75 Å². The predicted molar refractivity (Wildman–Crippen MR) is 128 cm³/mol. The summed E-state index contributed by atoms with van der Waals surface area (Å²) in [6.45, 7) is 0.628. The monoisotopic (exact) mass is 562 g/mol. The van der Waals surface area contributed by atoms with Crippen LogP contribution in [0.15, 0.2) is 53.5 Å². The number of hydrogen-bond donors (Lipinski definition) is 3. The number of hydrogen-bond acceptors (Lipinski definition) is 3. The number of anilines is 1. The molecule has 0 saturated heterocycles. The molecule has 174 valence electrons. The van der Waals surface area contributed by atoms with Crippen molar-refractivity contribution in [1.82, 2.24) is 5.32 Å². The van der Waals surface area contributed by atoms with Crippen LogP contribution >= 0.6 is 24.0 Å². The molecule has 1 fully saturated rings. The van der Waals surface area contributed by atoms with E-state index in [1.165, 1.54) is 24.3 Å². The van der Waals surface area contributed by atoms with Gasteiger partial charge in [-0.2, -0.15) is 0 Å². The fourth-order valence-corrected chi connectivity index (χ4v) is 3.41. The number of ether oxygens (including phenoxy) is 1. The van der Waals surface area contributed by atoms with E-state index in [0.717, 1.165) is 42.5 Å². The Bertz CT molecular complexity index is 914. The van der Waals surface area contributed by atoms with Crippen LogP contribution in [0.2, 0.25) is 0 Å². The molecule has 2 aromatic carbocycles. The van der Waals surface area contributed by atoms with E-state index >= 15 is 0 Å². The summed E-state index contributed by atoms with van der Waals surface area (Å²) in [5.74, 6) is 0.0791. The lowest BCUT2D eigenvalue weighted by atomic mass is 10.1. The van der Waals surface area contributed by atoms with E-state index in [2.05, 4.69) is 20.4 Å². The van der Waals surface area contributed by atoms with Gasteiger partial charge >= 0.3 is 6.36 Å². The Balaban J connectivity index is 0.00000363. The smallest absolute Gasteiger partial charge is 0.406 e. The summed E-state index contributed by atoms with van der Waals surface area (Å²) in [5.41, 5.74) is 8.23. The van der Waals surface area contributed by atoms with Gasteiger partial charge in [0.15, 0.2) is 5.96 Å². The second-order valence-electron chi connectivity index (χ2n) is 7.42. The maximum Gasteiger partial charge on any atom is 0.573 e. The van der Waals surface area contributed by atoms with Gasteiger partial charge in [-0.1, -0.05) is 37.1 Å². The molecule has 0 spiro atoms. The minimum Gasteiger partial charge on any atom is -0.406 e. The van der Waals surface area contributed by atoms with Crippen LogP contribution in [0.4, 0.5) is 18.9 Å². The molecular formula is C22H26F3IN4O2. The molecule has 10 heteroatoms. The first-order chi connectivity index (χ1) is 14.8. The van der Waals surface area contributed by atoms with Crippen molar-refractivity contribution < 1.29 is 22.7 Å². The van der Waals surface area contributed by atoms with Gasteiger partial charge in [-0.25, -0.2) is 4.99 Å². The number of carbonyl (C=O) groups excluding carboxylic acids is 1. The van der Waals surface area contributed by atoms with Crippen molar-refractivity contribution in [2.45, 2.75) is 45.1 Å². The first kappa shape index (κ1) is 25.8. The van der Waals surface area contributed by atoms with Gasteiger partial charge in [0.2, 0.25) is 5.91 Å². The van der Waals surface area contributed by atoms with E-state index in [1.54, 1.807) is 0 Å². The van der Waals surface area contributed by atoms with Crippen molar-refractivity contribution in [2.75, 3.05) is 5.32 Å². The Labute approximate surface area is 201 Å². The lowest BCUT2D eigenvalue weighted by Crippen LogP contribution is -2.31. The number of guanidine groups is 1. The molecule has 2 aromatic rings. The maximum absolute atomic E-state index is 12.3. The van der Waals surface area contributed by atoms with E-state index in [1.807, 2.05) is 24.3 Å². The van der Waals surface area contributed by atoms with Crippen molar-refractivity contribution in [2.24, 2.45) is 16.6 Å². The largest absolute Gasteiger partial charge is 0.573 e. The molecule has 4 N–H and O–H groups in total. The second kappa shape index (κ2) is 11.9. The number of nitrogens with two attached hydrogens (primary N) is 1. The fourth-order valence-electron chi connectivity index (χ4n) is 3.41. The third-order valence-electron chi connectivity index (χ3n) is 4.98. The molecule has 0 aliphatic heterocycles. The predicted octanol–water partition coefficient (Wildman–Crippen LogP) is 4.94. The highest BCUT2D eigenvalue weighted by Gasteiger charge is 2.30. The summed E-state index contributed by atoms with van der Waals surface area (Å²) in [7, 11) is 0. The Morgan fingerprint density at radius 2 is 1.78 bits per heavy atom. The van der Waals surface area contributed by atoms with E-state index in [9.17, 15) is 18.0 Å². The third-order valence-corrected chi connectivity index (χ3v) is 4.98. The summed E-state index contributed by atoms with van der Waals surface area (Å²) in [5, 5.41) is 5.88. The second-order valence-corrected chi connectivity index (χ2v) is 7.42. The highest BCUT2D eigenvalue weighted by atomic mass is 127. The molecule has 1 aliphatic rings. The zero-order valence-corrected chi connectivity index (χ0v) is 19.7. The topological polar surface area (TPSA) is 88.7 Å². The highest BCUT2D eigenvalue weighted by Crippen LogP contribution is 2.26. The number of halogens is 4. The van der Waals surface area contributed by atoms with Gasteiger partial charge in [-0.3, -0.25) is 4.79 Å². The van der Waals surface area contributed by atoms with Crippen LogP contribution < -0.4 is 21.1 Å². The van der Waals surface area contributed by atoms with E-state index in [0.29, 0.717) is 13.1 Å². The summed E-state index contributed by atoms with van der Waals surface area (Å²) in [4.78, 5) is 16.5. The van der Waals surface area contributed by atoms with Gasteiger partial charge in [-0.05, 0) is 48.2 Å². The molecule has 0 unspecified atom stereocenters. The van der Waals surface area contributed by atoms with Crippen LogP contribution in [-0.2, 0) is 17.9 Å². The van der Waals surface area contributed by atoms with Crippen LogP contribution in [0.3, 0.4) is 0 Å². The number of amides is 1. The molecular weight excluding hydrogens is 536 g/mol. The number of aliphatic imine (C=N–C) groups is 1. The van der Waals surface area contributed by atoms with E-state index in [-0.39, 0.29) is 47.5 Å². The van der Waals surface area contributed by atoms with Gasteiger partial charge < -0.3 is 21.1 Å². The highest BCUT2D eigenvalue weighted by molar-refractivity contribution is 14.0. The Morgan fingerprint density at radius 3 is 2.44 bits per heavy atom. The maximum atomic E-state index is 12.3. The van der Waals surface area contributed by atoms with Crippen molar-refractivity contribution in [1.29, 1.82) is 0 Å². The van der Waals surface area contributed by atoms with E-state index in [4.69, 9.17) is 5.73 Å². The zero-order chi connectivity index (χ0) is 22.3. The van der Waals surface area contributed by atoms with Crippen molar-refractivity contribution >= 4 is 41.5 Å². The number of nitrogens with zero attached hydrogens (tertiary/aromatic N) is 1. The molecule has 1 saturated carbocycles. The van der Waals surface area contributed by atoms with Crippen molar-refractivity contribution in [3.63, 3.8) is 0 Å². The average molecular weight is 562 g/mol. The molecule has 0 radical (unpaired) electrons. The molecule has 1 aliphatic carbocycles. The SMILES string of the molecule is I.NC(=NCc1cccc(NC(=O)C2CCCC2)c1)NCc1ccc(OC(F)(F)F)cc1. The van der Waals surface area contributed by atoms with Gasteiger partial charge in [-0.15, -0.1) is 37.1 Å². The Kier molecular flexibility index (Phi) is 9.60. The van der Waals surface area contributed by atoms with Gasteiger partial charge in [0, 0.05) is 18.2 Å². The number of rotatable bonds is 7. The Hall–Kier alpha value is -2.50. The quantitative estimate of drug-likeness (QED) is 0.254.